The van der Waals surface area contributed by atoms with Gasteiger partial charge in [0.1, 0.15) is 5.82 Å². The first-order valence-corrected chi connectivity index (χ1v) is 10.6. The molecule has 1 aliphatic heterocycles. The van der Waals surface area contributed by atoms with Gasteiger partial charge in [0.05, 0.1) is 30.3 Å². The number of imidazole rings is 1. The van der Waals surface area contributed by atoms with Crippen molar-refractivity contribution in [2.45, 2.75) is 33.7 Å². The van der Waals surface area contributed by atoms with Gasteiger partial charge in [0.25, 0.3) is 5.91 Å². The Bertz CT molecular complexity index is 1050. The van der Waals surface area contributed by atoms with Gasteiger partial charge >= 0.3 is 0 Å². The minimum Gasteiger partial charge on any atom is -0.378 e. The number of aromatic nitrogens is 2. The quantitative estimate of drug-likeness (QED) is 0.668. The summed E-state index contributed by atoms with van der Waals surface area (Å²) >= 11 is 0. The van der Waals surface area contributed by atoms with Gasteiger partial charge in [-0.15, -0.1) is 0 Å². The molecule has 0 aliphatic carbocycles. The first-order valence-electron chi connectivity index (χ1n) is 10.6. The normalized spacial score (nSPS) is 15.6. The number of morpholine rings is 1. The van der Waals surface area contributed by atoms with Crippen molar-refractivity contribution in [3.63, 3.8) is 0 Å². The average Bonchev–Trinajstić information content (AvgIpc) is 3.14. The van der Waals surface area contributed by atoms with Crippen LogP contribution in [-0.2, 0) is 4.74 Å². The Morgan fingerprint density at radius 2 is 1.90 bits per heavy atom. The summed E-state index contributed by atoms with van der Waals surface area (Å²) < 4.78 is 5.44. The Balaban J connectivity index is 1.54. The van der Waals surface area contributed by atoms with Crippen LogP contribution in [0.5, 0.6) is 0 Å². The van der Waals surface area contributed by atoms with Crippen molar-refractivity contribution >= 4 is 22.6 Å². The van der Waals surface area contributed by atoms with Gasteiger partial charge < -0.3 is 19.9 Å². The Labute approximate surface area is 177 Å². The second-order valence-electron chi connectivity index (χ2n) is 8.44. The van der Waals surface area contributed by atoms with Crippen LogP contribution in [0, 0.1) is 19.8 Å². The van der Waals surface area contributed by atoms with Gasteiger partial charge in [0.2, 0.25) is 0 Å². The van der Waals surface area contributed by atoms with E-state index in [1.54, 1.807) is 0 Å². The van der Waals surface area contributed by atoms with E-state index in [0.29, 0.717) is 5.56 Å². The molecule has 4 rings (SSSR count). The molecule has 1 aliphatic rings. The molecule has 2 heterocycles. The number of aromatic amines is 1. The monoisotopic (exact) mass is 406 g/mol. The number of ether oxygens (including phenoxy) is 1. The Kier molecular flexibility index (Phi) is 5.77. The summed E-state index contributed by atoms with van der Waals surface area (Å²) in [5, 5.41) is 3.18. The summed E-state index contributed by atoms with van der Waals surface area (Å²) in [7, 11) is 0. The van der Waals surface area contributed by atoms with E-state index in [9.17, 15) is 4.79 Å². The highest BCUT2D eigenvalue weighted by atomic mass is 16.5. The maximum Gasteiger partial charge on any atom is 0.251 e. The van der Waals surface area contributed by atoms with E-state index in [-0.39, 0.29) is 17.9 Å². The second-order valence-corrected chi connectivity index (χ2v) is 8.44. The number of benzene rings is 2. The molecule has 1 saturated heterocycles. The maximum atomic E-state index is 13.1. The number of carbonyl (C=O) groups is 1. The third kappa shape index (κ3) is 4.19. The smallest absolute Gasteiger partial charge is 0.251 e. The molecule has 1 amide bonds. The van der Waals surface area contributed by atoms with Crippen LogP contribution in [0.25, 0.3) is 11.0 Å². The second kappa shape index (κ2) is 8.48. The Morgan fingerprint density at radius 3 is 2.60 bits per heavy atom. The molecule has 1 fully saturated rings. The molecule has 0 saturated carbocycles. The van der Waals surface area contributed by atoms with Gasteiger partial charge in [-0.3, -0.25) is 4.79 Å². The lowest BCUT2D eigenvalue weighted by atomic mass is 10.0. The van der Waals surface area contributed by atoms with E-state index in [1.165, 1.54) is 11.3 Å². The zero-order chi connectivity index (χ0) is 21.3. The summed E-state index contributed by atoms with van der Waals surface area (Å²) in [5.74, 6) is 0.909. The van der Waals surface area contributed by atoms with E-state index in [1.807, 2.05) is 24.3 Å². The molecular formula is C24H30N4O2. The van der Waals surface area contributed by atoms with Crippen LogP contribution in [-0.4, -0.2) is 42.2 Å². The fourth-order valence-corrected chi connectivity index (χ4v) is 4.02. The molecule has 0 radical (unpaired) electrons. The average molecular weight is 407 g/mol. The fourth-order valence-electron chi connectivity index (χ4n) is 4.02. The lowest BCUT2D eigenvalue weighted by Crippen LogP contribution is -2.36. The number of hydrogen-bond donors (Lipinski definition) is 2. The highest BCUT2D eigenvalue weighted by molar-refractivity contribution is 5.95. The van der Waals surface area contributed by atoms with E-state index in [4.69, 9.17) is 9.72 Å². The molecule has 6 nitrogen and oxygen atoms in total. The van der Waals surface area contributed by atoms with Crippen molar-refractivity contribution in [2.24, 2.45) is 5.92 Å². The number of carbonyl (C=O) groups excluding carboxylic acids is 1. The van der Waals surface area contributed by atoms with Crippen molar-refractivity contribution in [3.05, 3.63) is 58.9 Å². The predicted octanol–water partition coefficient (Wildman–Crippen LogP) is 4.14. The molecule has 0 unspecified atom stereocenters. The largest absolute Gasteiger partial charge is 0.378 e. The summed E-state index contributed by atoms with van der Waals surface area (Å²) in [6.45, 7) is 11.6. The standard InChI is InChI=1S/C24H30N4O2/c1-15(2)22(23-25-19-7-5-16(3)13-20(19)26-23)27-24(29)18-6-8-21(17(4)14-18)28-9-11-30-12-10-28/h5-8,13-15,22H,9-12H2,1-4H3,(H,25,26)(H,27,29)/t22-/m1/s1. The van der Waals surface area contributed by atoms with Crippen molar-refractivity contribution in [1.29, 1.82) is 0 Å². The Morgan fingerprint density at radius 1 is 1.13 bits per heavy atom. The van der Waals surface area contributed by atoms with E-state index in [0.717, 1.165) is 48.7 Å². The van der Waals surface area contributed by atoms with Gasteiger partial charge in [0.15, 0.2) is 0 Å². The zero-order valence-electron chi connectivity index (χ0n) is 18.2. The molecule has 6 heteroatoms. The van der Waals surface area contributed by atoms with Crippen molar-refractivity contribution < 1.29 is 9.53 Å². The number of nitrogens with one attached hydrogen (secondary N) is 2. The molecular weight excluding hydrogens is 376 g/mol. The number of amides is 1. The van der Waals surface area contributed by atoms with Crippen LogP contribution < -0.4 is 10.2 Å². The third-order valence-corrected chi connectivity index (χ3v) is 5.71. The van der Waals surface area contributed by atoms with Crippen molar-refractivity contribution in [3.8, 4) is 0 Å². The lowest BCUT2D eigenvalue weighted by Gasteiger charge is -2.30. The van der Waals surface area contributed by atoms with Crippen molar-refractivity contribution in [2.75, 3.05) is 31.2 Å². The molecule has 2 N–H and O–H groups in total. The molecule has 0 bridgehead atoms. The summed E-state index contributed by atoms with van der Waals surface area (Å²) in [4.78, 5) is 23.5. The number of rotatable bonds is 5. The summed E-state index contributed by atoms with van der Waals surface area (Å²) in [5.41, 5.74) is 6.03. The molecule has 2 aromatic carbocycles. The van der Waals surface area contributed by atoms with E-state index in [2.05, 4.69) is 55.0 Å². The van der Waals surface area contributed by atoms with Crippen LogP contribution in [0.1, 0.15) is 47.2 Å². The summed E-state index contributed by atoms with van der Waals surface area (Å²) in [6, 6.07) is 11.9. The first kappa shape index (κ1) is 20.4. The van der Waals surface area contributed by atoms with Crippen molar-refractivity contribution in [1.82, 2.24) is 15.3 Å². The third-order valence-electron chi connectivity index (χ3n) is 5.71. The SMILES string of the molecule is Cc1ccc2nc([C@H](NC(=O)c3ccc(N4CCOCC4)c(C)c3)C(C)C)[nH]c2c1. The fraction of sp³-hybridized carbons (Fsp3) is 0.417. The molecule has 0 spiro atoms. The van der Waals surface area contributed by atoms with Gasteiger partial charge in [-0.2, -0.15) is 0 Å². The molecule has 1 atom stereocenters. The minimum atomic E-state index is -0.190. The first-order chi connectivity index (χ1) is 14.4. The maximum absolute atomic E-state index is 13.1. The number of aryl methyl sites for hydroxylation is 2. The molecule has 30 heavy (non-hydrogen) atoms. The van der Waals surface area contributed by atoms with Crippen LogP contribution in [0.15, 0.2) is 36.4 Å². The number of nitrogens with zero attached hydrogens (tertiary/aromatic N) is 2. The lowest BCUT2D eigenvalue weighted by molar-refractivity contribution is 0.0923. The van der Waals surface area contributed by atoms with Gasteiger partial charge in [-0.05, 0) is 61.2 Å². The highest BCUT2D eigenvalue weighted by Gasteiger charge is 2.23. The minimum absolute atomic E-state index is 0.0815. The predicted molar refractivity (Wildman–Crippen MR) is 120 cm³/mol. The van der Waals surface area contributed by atoms with E-state index < -0.39 is 0 Å². The number of hydrogen-bond acceptors (Lipinski definition) is 4. The topological polar surface area (TPSA) is 70.2 Å². The molecule has 1 aromatic heterocycles. The molecule has 3 aromatic rings. The van der Waals surface area contributed by atoms with Gasteiger partial charge in [-0.25, -0.2) is 4.98 Å². The number of anilines is 1. The van der Waals surface area contributed by atoms with Crippen LogP contribution >= 0.6 is 0 Å². The Hall–Kier alpha value is -2.86. The van der Waals surface area contributed by atoms with E-state index >= 15 is 0 Å². The highest BCUT2D eigenvalue weighted by Crippen LogP contribution is 2.25. The molecule has 158 valence electrons. The zero-order valence-corrected chi connectivity index (χ0v) is 18.2. The number of H-pyrrole nitrogens is 1. The van der Waals surface area contributed by atoms with Crippen LogP contribution in [0.4, 0.5) is 5.69 Å². The van der Waals surface area contributed by atoms with Crippen LogP contribution in [0.2, 0.25) is 0 Å². The summed E-state index contributed by atoms with van der Waals surface area (Å²) in [6.07, 6.45) is 0. The van der Waals surface area contributed by atoms with Crippen LogP contribution in [0.3, 0.4) is 0 Å². The van der Waals surface area contributed by atoms with Gasteiger partial charge in [0, 0.05) is 24.3 Å². The van der Waals surface area contributed by atoms with Gasteiger partial charge in [-0.1, -0.05) is 19.9 Å². The number of fused-ring (bicyclic) bond motifs is 1.